The predicted octanol–water partition coefficient (Wildman–Crippen LogP) is 6.07. The van der Waals surface area contributed by atoms with Gasteiger partial charge in [-0.15, -0.1) is 0 Å². The van der Waals surface area contributed by atoms with Crippen LogP contribution in [0.25, 0.3) is 0 Å². The average molecular weight is 461 g/mol. The van der Waals surface area contributed by atoms with Crippen molar-refractivity contribution in [3.63, 3.8) is 0 Å². The summed E-state index contributed by atoms with van der Waals surface area (Å²) in [5.41, 5.74) is 0.987. The Kier molecular flexibility index (Phi) is 6.54. The number of rotatable bonds is 4. The van der Waals surface area contributed by atoms with Crippen molar-refractivity contribution in [1.82, 2.24) is 4.90 Å². The molecule has 2 aromatic rings. The van der Waals surface area contributed by atoms with Crippen LogP contribution in [0, 0.1) is 6.92 Å². The number of anilines is 1. The van der Waals surface area contributed by atoms with Crippen molar-refractivity contribution in [3.8, 4) is 0 Å². The molecule has 166 valence electrons. The Bertz CT molecular complexity index is 955. The molecule has 4 nitrogen and oxygen atoms in total. The summed E-state index contributed by atoms with van der Waals surface area (Å²) in [6.45, 7) is 0.190. The van der Waals surface area contributed by atoms with Gasteiger partial charge in [0.1, 0.15) is 6.54 Å². The maximum atomic E-state index is 13.1. The molecule has 3 rings (SSSR count). The van der Waals surface area contributed by atoms with Crippen LogP contribution < -0.4 is 4.90 Å². The van der Waals surface area contributed by atoms with Crippen LogP contribution in [0.1, 0.15) is 16.7 Å². The van der Waals surface area contributed by atoms with Crippen LogP contribution in [0.5, 0.6) is 0 Å². The first-order valence-corrected chi connectivity index (χ1v) is 9.98. The third-order valence-electron chi connectivity index (χ3n) is 4.38. The third kappa shape index (κ3) is 5.93. The Balaban J connectivity index is 1.89. The van der Waals surface area contributed by atoms with Crippen LogP contribution in [0.3, 0.4) is 0 Å². The van der Waals surface area contributed by atoms with Crippen LogP contribution in [0.4, 0.5) is 36.8 Å². The monoisotopic (exact) mass is 461 g/mol. The van der Waals surface area contributed by atoms with Crippen molar-refractivity contribution in [2.24, 2.45) is 4.99 Å². The van der Waals surface area contributed by atoms with Crippen molar-refractivity contribution in [1.29, 1.82) is 0 Å². The van der Waals surface area contributed by atoms with E-state index in [4.69, 9.17) is 0 Å². The fraction of sp³-hybridized carbons (Fsp3) is 0.300. The number of aryl methyl sites for hydroxylation is 1. The Labute approximate surface area is 178 Å². The van der Waals surface area contributed by atoms with Gasteiger partial charge in [0.15, 0.2) is 5.17 Å². The van der Waals surface area contributed by atoms with E-state index < -0.39 is 30.5 Å². The van der Waals surface area contributed by atoms with Crippen molar-refractivity contribution < 1.29 is 31.1 Å². The van der Waals surface area contributed by atoms with Crippen molar-refractivity contribution in [2.45, 2.75) is 25.8 Å². The second-order valence-corrected chi connectivity index (χ2v) is 7.73. The molecule has 0 bridgehead atoms. The van der Waals surface area contributed by atoms with Crippen molar-refractivity contribution in [3.05, 3.63) is 65.2 Å². The maximum Gasteiger partial charge on any atom is 0.416 e. The predicted molar refractivity (Wildman–Crippen MR) is 107 cm³/mol. The molecule has 0 N–H and O–H groups in total. The molecular weight excluding hydrogens is 444 g/mol. The number of amidine groups is 1. The lowest BCUT2D eigenvalue weighted by molar-refractivity contribution is -0.137. The second kappa shape index (κ2) is 8.81. The van der Waals surface area contributed by atoms with Gasteiger partial charge in [-0.25, -0.2) is 4.79 Å². The van der Waals surface area contributed by atoms with E-state index in [1.54, 1.807) is 24.3 Å². The number of benzene rings is 2. The van der Waals surface area contributed by atoms with E-state index >= 15 is 0 Å². The molecule has 31 heavy (non-hydrogen) atoms. The van der Waals surface area contributed by atoms with Crippen LogP contribution in [-0.2, 0) is 12.7 Å². The molecule has 0 spiro atoms. The topological polar surface area (TPSA) is 35.9 Å². The fourth-order valence-electron chi connectivity index (χ4n) is 2.80. The number of nitrogens with zero attached hydrogens (tertiary/aromatic N) is 3. The standard InChI is InChI=1S/C20H17F6N3OS/c1-13-2-8-16(9-3-13)29-12-31-17(27-11-19(21,22)23)28(18(29)30)10-14-4-6-15(7-5-14)20(24,25)26/h2-9H,10-12H2,1H3/b27-17+. The first-order valence-electron chi connectivity index (χ1n) is 9.00. The van der Waals surface area contributed by atoms with Crippen molar-refractivity contribution >= 4 is 28.6 Å². The van der Waals surface area contributed by atoms with E-state index in [1.807, 2.05) is 6.92 Å². The molecule has 0 radical (unpaired) electrons. The number of halogens is 6. The normalized spacial score (nSPS) is 16.9. The number of aliphatic imine (C=N–C) groups is 1. The lowest BCUT2D eigenvalue weighted by Gasteiger charge is -2.36. The number of amides is 2. The number of carbonyl (C=O) groups excluding carboxylic acids is 1. The number of thioether (sulfide) groups is 1. The summed E-state index contributed by atoms with van der Waals surface area (Å²) in [5, 5.41) is -0.134. The summed E-state index contributed by atoms with van der Waals surface area (Å²) in [6, 6.07) is 10.5. The molecule has 0 saturated carbocycles. The van der Waals surface area contributed by atoms with E-state index in [0.29, 0.717) is 11.3 Å². The summed E-state index contributed by atoms with van der Waals surface area (Å²) in [7, 11) is 0. The van der Waals surface area contributed by atoms with Crippen LogP contribution in [0.15, 0.2) is 53.5 Å². The first kappa shape index (κ1) is 23.0. The Hall–Kier alpha value is -2.69. The van der Waals surface area contributed by atoms with Gasteiger partial charge < -0.3 is 0 Å². The van der Waals surface area contributed by atoms with E-state index in [1.165, 1.54) is 17.0 Å². The van der Waals surface area contributed by atoms with Crippen molar-refractivity contribution in [2.75, 3.05) is 17.3 Å². The molecule has 2 amide bonds. The molecule has 0 atom stereocenters. The van der Waals surface area contributed by atoms with Gasteiger partial charge in [-0.05, 0) is 36.8 Å². The molecule has 2 aromatic carbocycles. The molecule has 1 aliphatic rings. The average Bonchev–Trinajstić information content (AvgIpc) is 2.68. The lowest BCUT2D eigenvalue weighted by atomic mass is 10.1. The Morgan fingerprint density at radius 3 is 2.13 bits per heavy atom. The van der Waals surface area contributed by atoms with Gasteiger partial charge in [0.05, 0.1) is 18.0 Å². The highest BCUT2D eigenvalue weighted by atomic mass is 32.2. The number of hydrogen-bond acceptors (Lipinski definition) is 3. The van der Waals surface area contributed by atoms with E-state index in [9.17, 15) is 31.1 Å². The molecule has 1 fully saturated rings. The molecular formula is C20H17F6N3OS. The van der Waals surface area contributed by atoms with E-state index in [-0.39, 0.29) is 17.6 Å². The SMILES string of the molecule is Cc1ccc(N2CS/C(=N/CC(F)(F)F)N(Cc3ccc(C(F)(F)F)cc3)C2=O)cc1. The highest BCUT2D eigenvalue weighted by Gasteiger charge is 2.35. The molecule has 0 aliphatic carbocycles. The molecule has 0 aromatic heterocycles. The molecule has 1 aliphatic heterocycles. The van der Waals surface area contributed by atoms with Crippen LogP contribution in [-0.4, -0.2) is 34.7 Å². The summed E-state index contributed by atoms with van der Waals surface area (Å²) < 4.78 is 76.3. The van der Waals surface area contributed by atoms with Gasteiger partial charge in [0, 0.05) is 5.69 Å². The lowest BCUT2D eigenvalue weighted by Crippen LogP contribution is -2.50. The molecule has 1 saturated heterocycles. The zero-order valence-corrected chi connectivity index (χ0v) is 17.0. The number of alkyl halides is 6. The van der Waals surface area contributed by atoms with Crippen LogP contribution in [0.2, 0.25) is 0 Å². The highest BCUT2D eigenvalue weighted by Crippen LogP contribution is 2.31. The quantitative estimate of drug-likeness (QED) is 0.519. The van der Waals surface area contributed by atoms with E-state index in [0.717, 1.165) is 34.4 Å². The minimum absolute atomic E-state index is 0.0576. The maximum absolute atomic E-state index is 13.1. The smallest absolute Gasteiger partial charge is 0.284 e. The molecule has 11 heteroatoms. The van der Waals surface area contributed by atoms with Gasteiger partial charge >= 0.3 is 18.4 Å². The van der Waals surface area contributed by atoms with Gasteiger partial charge in [0.25, 0.3) is 0 Å². The number of carbonyl (C=O) groups is 1. The van der Waals surface area contributed by atoms with Crippen LogP contribution >= 0.6 is 11.8 Å². The fourth-order valence-corrected chi connectivity index (χ4v) is 3.76. The Morgan fingerprint density at radius 1 is 0.968 bits per heavy atom. The minimum atomic E-state index is -4.55. The summed E-state index contributed by atoms with van der Waals surface area (Å²) >= 11 is 0.951. The van der Waals surface area contributed by atoms with Gasteiger partial charge in [-0.3, -0.25) is 14.8 Å². The summed E-state index contributed by atoms with van der Waals surface area (Å²) in [5.74, 6) is 0.0576. The number of urea groups is 1. The van der Waals surface area contributed by atoms with Gasteiger partial charge in [-0.1, -0.05) is 41.6 Å². The van der Waals surface area contributed by atoms with E-state index in [2.05, 4.69) is 4.99 Å². The Morgan fingerprint density at radius 2 is 1.58 bits per heavy atom. The minimum Gasteiger partial charge on any atom is -0.284 e. The largest absolute Gasteiger partial charge is 0.416 e. The zero-order valence-electron chi connectivity index (χ0n) is 16.2. The van der Waals surface area contributed by atoms with Gasteiger partial charge in [0.2, 0.25) is 0 Å². The second-order valence-electron chi connectivity index (χ2n) is 6.81. The van der Waals surface area contributed by atoms with Gasteiger partial charge in [-0.2, -0.15) is 26.3 Å². The molecule has 0 unspecified atom stereocenters. The zero-order chi connectivity index (χ0) is 22.8. The third-order valence-corrected chi connectivity index (χ3v) is 5.37. The summed E-state index contributed by atoms with van der Waals surface area (Å²) in [6.07, 6.45) is -9.07. The number of hydrogen-bond donors (Lipinski definition) is 0. The molecule has 1 heterocycles. The highest BCUT2D eigenvalue weighted by molar-refractivity contribution is 8.14. The first-order chi connectivity index (χ1) is 14.4. The summed E-state index contributed by atoms with van der Waals surface area (Å²) in [4.78, 5) is 19.0.